The number of imide groups is 1. The van der Waals surface area contributed by atoms with Crippen molar-refractivity contribution in [3.8, 4) is 0 Å². The van der Waals surface area contributed by atoms with Crippen molar-refractivity contribution in [2.24, 2.45) is 13.0 Å². The minimum atomic E-state index is -4.64. The van der Waals surface area contributed by atoms with Crippen LogP contribution in [-0.4, -0.2) is 66.2 Å². The van der Waals surface area contributed by atoms with Crippen LogP contribution in [0.3, 0.4) is 0 Å². The van der Waals surface area contributed by atoms with Crippen molar-refractivity contribution in [2.45, 2.75) is 75.5 Å². The highest BCUT2D eigenvalue weighted by molar-refractivity contribution is 6.04. The van der Waals surface area contributed by atoms with Crippen molar-refractivity contribution >= 4 is 45.3 Å². The Morgan fingerprint density at radius 3 is 2.44 bits per heavy atom. The number of pyridine rings is 1. The highest BCUT2D eigenvalue weighted by Crippen LogP contribution is 2.37. The summed E-state index contributed by atoms with van der Waals surface area (Å²) in [6.07, 6.45) is 3.97. The zero-order valence-corrected chi connectivity index (χ0v) is 29.8. The molecule has 1 saturated carbocycles. The number of fused-ring (bicyclic) bond motifs is 2. The summed E-state index contributed by atoms with van der Waals surface area (Å²) in [5.41, 5.74) is 2.28. The zero-order chi connectivity index (χ0) is 37.7. The second-order valence-corrected chi connectivity index (χ2v) is 14.9. The molecule has 3 aliphatic rings. The molecule has 8 rings (SSSR count). The number of nitrogens with one attached hydrogen (secondary N) is 2. The lowest BCUT2D eigenvalue weighted by Crippen LogP contribution is -2.44. The number of aryl methyl sites for hydroxylation is 1. The van der Waals surface area contributed by atoms with Gasteiger partial charge in [-0.15, -0.1) is 0 Å². The summed E-state index contributed by atoms with van der Waals surface area (Å²) in [6.45, 7) is 2.98. The molecule has 2 N–H and O–H groups in total. The number of aromatic nitrogens is 5. The van der Waals surface area contributed by atoms with Crippen LogP contribution in [0.2, 0.25) is 0 Å². The molecular formula is C39H41F3N8O4. The van der Waals surface area contributed by atoms with Crippen molar-refractivity contribution in [2.75, 3.05) is 25.0 Å². The van der Waals surface area contributed by atoms with E-state index in [-0.39, 0.29) is 29.8 Å². The summed E-state index contributed by atoms with van der Waals surface area (Å²) in [7, 11) is 1.76. The molecule has 282 valence electrons. The van der Waals surface area contributed by atoms with E-state index in [9.17, 15) is 32.3 Å². The second kappa shape index (κ2) is 14.2. The van der Waals surface area contributed by atoms with Gasteiger partial charge in [0.25, 0.3) is 5.91 Å². The first-order valence-corrected chi connectivity index (χ1v) is 18.5. The largest absolute Gasteiger partial charge is 0.433 e. The Morgan fingerprint density at radius 1 is 0.944 bits per heavy atom. The molecule has 0 spiro atoms. The summed E-state index contributed by atoms with van der Waals surface area (Å²) in [5.74, 6) is -0.576. The highest BCUT2D eigenvalue weighted by Gasteiger charge is 2.34. The number of alkyl halides is 3. The fourth-order valence-electron chi connectivity index (χ4n) is 8.64. The number of hydrogen-bond acceptors (Lipinski definition) is 7. The molecule has 54 heavy (non-hydrogen) atoms. The number of benzene rings is 2. The molecule has 0 bridgehead atoms. The van der Waals surface area contributed by atoms with Gasteiger partial charge in [-0.05, 0) is 112 Å². The first-order valence-electron chi connectivity index (χ1n) is 18.5. The summed E-state index contributed by atoms with van der Waals surface area (Å²) >= 11 is 0. The molecule has 12 nitrogen and oxygen atoms in total. The third-order valence-electron chi connectivity index (χ3n) is 11.4. The van der Waals surface area contributed by atoms with Gasteiger partial charge < -0.3 is 10.2 Å². The maximum absolute atomic E-state index is 13.4. The average molecular weight is 743 g/mol. The van der Waals surface area contributed by atoms with Crippen LogP contribution in [0.4, 0.5) is 18.9 Å². The Hall–Kier alpha value is -5.31. The summed E-state index contributed by atoms with van der Waals surface area (Å²) < 4.78 is 44.4. The van der Waals surface area contributed by atoms with Crippen molar-refractivity contribution in [3.63, 3.8) is 0 Å². The lowest BCUT2D eigenvalue weighted by Gasteiger charge is -2.37. The Balaban J connectivity index is 0.857. The normalized spacial score (nSPS) is 21.8. The van der Waals surface area contributed by atoms with E-state index in [1.807, 2.05) is 23.0 Å². The number of rotatable bonds is 7. The van der Waals surface area contributed by atoms with Crippen LogP contribution >= 0.6 is 0 Å². The topological polar surface area (TPSA) is 136 Å². The van der Waals surface area contributed by atoms with Crippen LogP contribution in [0, 0.1) is 5.92 Å². The number of halogens is 3. The minimum Gasteiger partial charge on any atom is -0.321 e. The van der Waals surface area contributed by atoms with E-state index >= 15 is 0 Å². The van der Waals surface area contributed by atoms with Crippen LogP contribution in [0.5, 0.6) is 0 Å². The maximum Gasteiger partial charge on any atom is 0.433 e. The molecule has 5 heterocycles. The first-order chi connectivity index (χ1) is 25.9. The number of anilines is 1. The molecule has 3 amide bonds. The van der Waals surface area contributed by atoms with E-state index in [0.29, 0.717) is 23.9 Å². The highest BCUT2D eigenvalue weighted by atomic mass is 19.4. The van der Waals surface area contributed by atoms with Gasteiger partial charge in [0.05, 0.1) is 22.6 Å². The average Bonchev–Trinajstić information content (AvgIpc) is 3.70. The molecule has 1 unspecified atom stereocenters. The lowest BCUT2D eigenvalue weighted by atomic mass is 9.84. The van der Waals surface area contributed by atoms with Crippen molar-refractivity contribution < 1.29 is 27.6 Å². The number of carbonyl (C=O) groups excluding carboxylic acids is 3. The third kappa shape index (κ3) is 6.92. The van der Waals surface area contributed by atoms with Gasteiger partial charge >= 0.3 is 11.9 Å². The molecule has 2 aromatic carbocycles. The minimum absolute atomic E-state index is 0.208. The van der Waals surface area contributed by atoms with Gasteiger partial charge in [-0.25, -0.2) is 9.78 Å². The molecule has 1 aliphatic carbocycles. The van der Waals surface area contributed by atoms with Crippen molar-refractivity contribution in [3.05, 3.63) is 88.2 Å². The van der Waals surface area contributed by atoms with Crippen molar-refractivity contribution in [1.29, 1.82) is 0 Å². The molecular weight excluding hydrogens is 701 g/mol. The van der Waals surface area contributed by atoms with Crippen LogP contribution < -0.4 is 16.3 Å². The van der Waals surface area contributed by atoms with Gasteiger partial charge in [-0.2, -0.15) is 18.3 Å². The van der Waals surface area contributed by atoms with Gasteiger partial charge in [0.15, 0.2) is 0 Å². The monoisotopic (exact) mass is 742 g/mol. The third-order valence-corrected chi connectivity index (χ3v) is 11.4. The number of para-hydroxylation sites is 1. The number of amides is 3. The molecule has 15 heteroatoms. The van der Waals surface area contributed by atoms with Gasteiger partial charge in [-0.1, -0.05) is 18.2 Å². The smallest absolute Gasteiger partial charge is 0.321 e. The first kappa shape index (κ1) is 35.7. The fourth-order valence-corrected chi connectivity index (χ4v) is 8.64. The molecule has 3 fully saturated rings. The van der Waals surface area contributed by atoms with Gasteiger partial charge in [0, 0.05) is 37.3 Å². The quantitative estimate of drug-likeness (QED) is 0.197. The summed E-state index contributed by atoms with van der Waals surface area (Å²) in [4.78, 5) is 56.6. The standard InChI is InChI=1S/C39H41F3N8O4/c1-47-35-28(4-2-6-31(35)50(38(47)54)32-14-15-34(51)45-37(32)53)24-16-18-48(19-17-24)21-23-8-11-27(12-9-23)49-22-25-20-26(10-13-29(25)46-49)43-36(52)30-5-3-7-33(44-30)39(40,41)42/h2-7,10,13,20,22-24,27,32H,8-9,11-12,14-19,21H2,1H3,(H,43,52)(H,45,51,53). The van der Waals surface area contributed by atoms with Crippen LogP contribution in [0.1, 0.15) is 91.1 Å². The number of piperidine rings is 2. The Morgan fingerprint density at radius 2 is 1.70 bits per heavy atom. The molecule has 0 radical (unpaired) electrons. The number of imidazole rings is 1. The Labute approximate surface area is 308 Å². The predicted octanol–water partition coefficient (Wildman–Crippen LogP) is 5.94. The SMILES string of the molecule is Cn1c(=O)n(C2CCC(=O)NC2=O)c2cccc(C3CCN(CC4CCC(n5cc6cc(NC(=O)c7cccc(C(F)(F)F)n7)ccc6n5)CC4)CC3)c21. The zero-order valence-electron chi connectivity index (χ0n) is 29.8. The predicted molar refractivity (Wildman–Crippen MR) is 195 cm³/mol. The summed E-state index contributed by atoms with van der Waals surface area (Å²) in [6, 6.07) is 14.0. The molecule has 1 atom stereocenters. The van der Waals surface area contributed by atoms with E-state index in [1.54, 1.807) is 34.4 Å². The van der Waals surface area contributed by atoms with Crippen molar-refractivity contribution in [1.82, 2.24) is 34.1 Å². The molecule has 2 aliphatic heterocycles. The van der Waals surface area contributed by atoms with Crippen LogP contribution in [0.25, 0.3) is 21.9 Å². The molecule has 3 aromatic heterocycles. The summed E-state index contributed by atoms with van der Waals surface area (Å²) in [5, 5.41) is 10.7. The maximum atomic E-state index is 13.4. The van der Waals surface area contributed by atoms with E-state index in [1.165, 1.54) is 6.07 Å². The van der Waals surface area contributed by atoms with E-state index in [4.69, 9.17) is 5.10 Å². The van der Waals surface area contributed by atoms with E-state index < -0.39 is 29.7 Å². The number of nitrogens with zero attached hydrogens (tertiary/aromatic N) is 6. The van der Waals surface area contributed by atoms with E-state index in [0.717, 1.165) is 97.8 Å². The molecule has 5 aromatic rings. The van der Waals surface area contributed by atoms with Gasteiger partial charge in [0.1, 0.15) is 17.4 Å². The van der Waals surface area contributed by atoms with E-state index in [2.05, 4.69) is 26.6 Å². The lowest BCUT2D eigenvalue weighted by molar-refractivity contribution is -0.141. The second-order valence-electron chi connectivity index (χ2n) is 14.9. The number of likely N-dealkylation sites (tertiary alicyclic amines) is 1. The molecule has 2 saturated heterocycles. The number of carbonyl (C=O) groups is 3. The van der Waals surface area contributed by atoms with Gasteiger partial charge in [-0.3, -0.25) is 33.5 Å². The fraction of sp³-hybridized carbons (Fsp3) is 0.436. The van der Waals surface area contributed by atoms with Crippen LogP contribution in [0.15, 0.2) is 65.6 Å². The Kier molecular flexibility index (Phi) is 9.36. The number of hydrogen-bond donors (Lipinski definition) is 2. The van der Waals surface area contributed by atoms with Crippen LogP contribution in [-0.2, 0) is 22.8 Å². The Bertz CT molecular complexity index is 2310. The van der Waals surface area contributed by atoms with Gasteiger partial charge in [0.2, 0.25) is 11.8 Å².